The van der Waals surface area contributed by atoms with Gasteiger partial charge in [-0.3, -0.25) is 0 Å². The Balaban J connectivity index is 0.000000180. The van der Waals surface area contributed by atoms with Crippen LogP contribution in [-0.4, -0.2) is 18.9 Å². The zero-order valence-corrected chi connectivity index (χ0v) is 7.69. The maximum Gasteiger partial charge on any atom is 0.0884 e. The Bertz CT molecular complexity index is 103. The van der Waals surface area contributed by atoms with Gasteiger partial charge in [0.1, 0.15) is 0 Å². The van der Waals surface area contributed by atoms with Crippen molar-refractivity contribution in [3.05, 3.63) is 0 Å². The summed E-state index contributed by atoms with van der Waals surface area (Å²) in [4.78, 5) is 0. The van der Waals surface area contributed by atoms with Crippen molar-refractivity contribution < 1.29 is 4.74 Å². The first kappa shape index (κ1) is 9.98. The van der Waals surface area contributed by atoms with E-state index in [1.54, 1.807) is 0 Å². The molecule has 0 amide bonds. The van der Waals surface area contributed by atoms with Gasteiger partial charge in [0.05, 0.1) is 18.9 Å². The third-order valence-electron chi connectivity index (χ3n) is 0.679. The molecule has 1 heterocycles. The van der Waals surface area contributed by atoms with Crippen LogP contribution in [-0.2, 0) is 4.74 Å². The second-order valence-electron chi connectivity index (χ2n) is 2.89. The first-order valence-corrected chi connectivity index (χ1v) is 3.84. The highest BCUT2D eigenvalue weighted by molar-refractivity contribution is 7.79. The van der Waals surface area contributed by atoms with Crippen LogP contribution in [0.25, 0.3) is 0 Å². The summed E-state index contributed by atoms with van der Waals surface area (Å²) >= 11 is 3.65. The average molecular weight is 161 g/mol. The topological polar surface area (TPSA) is 21.6 Å². The van der Waals surface area contributed by atoms with Crippen LogP contribution in [0.2, 0.25) is 0 Å². The van der Waals surface area contributed by atoms with Crippen molar-refractivity contribution in [2.45, 2.75) is 20.8 Å². The highest BCUT2D eigenvalue weighted by atomic mass is 32.1. The fraction of sp³-hybridized carbons (Fsp3) is 0.857. The van der Waals surface area contributed by atoms with Crippen molar-refractivity contribution in [1.29, 1.82) is 0 Å². The van der Waals surface area contributed by atoms with E-state index in [2.05, 4.69) is 38.0 Å². The molecular weight excluding hydrogens is 146 g/mol. The molecule has 1 fully saturated rings. The number of thiol groups is 1. The van der Waals surface area contributed by atoms with Gasteiger partial charge in [0, 0.05) is 0 Å². The smallest absolute Gasteiger partial charge is 0.0884 e. The van der Waals surface area contributed by atoms with Crippen LogP contribution in [0.4, 0.5) is 0 Å². The van der Waals surface area contributed by atoms with Gasteiger partial charge in [-0.2, -0.15) is 0 Å². The Morgan fingerprint density at radius 2 is 1.80 bits per heavy atom. The Hall–Kier alpha value is -0.0200. The summed E-state index contributed by atoms with van der Waals surface area (Å²) in [5, 5.41) is 0. The summed E-state index contributed by atoms with van der Waals surface area (Å²) in [7, 11) is 0. The lowest BCUT2D eigenvalue weighted by molar-refractivity contribution is 0.160. The number of hydrogen-bond donors (Lipinski definition) is 1. The third-order valence-corrected chi connectivity index (χ3v) is 0.962. The second-order valence-corrected chi connectivity index (χ2v) is 3.09. The molecule has 3 heteroatoms. The van der Waals surface area contributed by atoms with Crippen LogP contribution in [0.1, 0.15) is 20.8 Å². The number of rotatable bonds is 0. The molecule has 0 bridgehead atoms. The Morgan fingerprint density at radius 3 is 1.80 bits per heavy atom. The summed E-state index contributed by atoms with van der Waals surface area (Å²) in [5.41, 5.74) is 1.04. The lowest BCUT2D eigenvalue weighted by atomic mass is 10.3. The molecule has 60 valence electrons. The van der Waals surface area contributed by atoms with Gasteiger partial charge in [0.2, 0.25) is 0 Å². The van der Waals surface area contributed by atoms with Crippen molar-refractivity contribution in [2.24, 2.45) is 10.3 Å². The van der Waals surface area contributed by atoms with E-state index in [-0.39, 0.29) is 0 Å². The van der Waals surface area contributed by atoms with Gasteiger partial charge in [-0.05, 0) is 18.7 Å². The Morgan fingerprint density at radius 1 is 1.40 bits per heavy atom. The van der Waals surface area contributed by atoms with E-state index in [1.807, 2.05) is 0 Å². The molecule has 1 aliphatic heterocycles. The summed E-state index contributed by atoms with van der Waals surface area (Å²) in [6.45, 7) is 7.87. The fourth-order valence-electron chi connectivity index (χ4n) is 0.251. The molecule has 1 rings (SSSR count). The first-order chi connectivity index (χ1) is 4.66. The van der Waals surface area contributed by atoms with E-state index in [0.717, 1.165) is 11.6 Å². The van der Waals surface area contributed by atoms with Crippen molar-refractivity contribution in [3.8, 4) is 0 Å². The monoisotopic (exact) mass is 161 g/mol. The van der Waals surface area contributed by atoms with Crippen LogP contribution < -0.4 is 0 Å². The molecule has 10 heavy (non-hydrogen) atoms. The summed E-state index contributed by atoms with van der Waals surface area (Å²) in [5.74, 6) is 0.833. The average Bonchev–Trinajstić information content (AvgIpc) is 1.59. The zero-order valence-electron chi connectivity index (χ0n) is 6.79. The number of ether oxygens (including phenoxy) is 1. The lowest BCUT2D eigenvalue weighted by Crippen LogP contribution is -2.26. The molecule has 1 aliphatic rings. The third kappa shape index (κ3) is 6.11. The Kier molecular flexibility index (Phi) is 5.73. The van der Waals surface area contributed by atoms with E-state index >= 15 is 0 Å². The van der Waals surface area contributed by atoms with Gasteiger partial charge in [-0.15, -0.1) is 0 Å². The van der Waals surface area contributed by atoms with Gasteiger partial charge in [0.25, 0.3) is 0 Å². The molecule has 0 aliphatic carbocycles. The largest absolute Gasteiger partial charge is 0.369 e. The van der Waals surface area contributed by atoms with Crippen molar-refractivity contribution in [2.75, 3.05) is 13.2 Å². The predicted octanol–water partition coefficient (Wildman–Crippen LogP) is 1.96. The SMILES string of the molecule is CC(C)C.SN=C1COC1. The predicted molar refractivity (Wildman–Crippen MR) is 47.8 cm³/mol. The lowest BCUT2D eigenvalue weighted by Gasteiger charge is -2.13. The van der Waals surface area contributed by atoms with Crippen LogP contribution >= 0.6 is 12.8 Å². The molecule has 0 aromatic rings. The standard InChI is InChI=1S/C4H10.C3H5NOS/c1-4(2)3;6-4-3-1-5-2-3/h4H,1-3H3;6H,1-2H2. The first-order valence-electron chi connectivity index (χ1n) is 3.44. The van der Waals surface area contributed by atoms with Crippen LogP contribution in [0, 0.1) is 5.92 Å². The van der Waals surface area contributed by atoms with E-state index in [9.17, 15) is 0 Å². The zero-order chi connectivity index (χ0) is 7.98. The van der Waals surface area contributed by atoms with Crippen molar-refractivity contribution >= 4 is 18.5 Å². The molecule has 0 aromatic carbocycles. The van der Waals surface area contributed by atoms with E-state index < -0.39 is 0 Å². The summed E-state index contributed by atoms with van der Waals surface area (Å²) in [6, 6.07) is 0. The van der Waals surface area contributed by atoms with Crippen LogP contribution in [0.3, 0.4) is 0 Å². The minimum Gasteiger partial charge on any atom is -0.369 e. The van der Waals surface area contributed by atoms with Crippen molar-refractivity contribution in [3.63, 3.8) is 0 Å². The van der Waals surface area contributed by atoms with Gasteiger partial charge in [-0.25, -0.2) is 4.40 Å². The highest BCUT2D eigenvalue weighted by Gasteiger charge is 2.07. The maximum absolute atomic E-state index is 4.75. The van der Waals surface area contributed by atoms with Gasteiger partial charge >= 0.3 is 0 Å². The molecular formula is C7H15NOS. The van der Waals surface area contributed by atoms with Gasteiger partial charge < -0.3 is 4.74 Å². The molecule has 1 saturated heterocycles. The number of nitrogens with zero attached hydrogens (tertiary/aromatic N) is 1. The van der Waals surface area contributed by atoms with E-state index in [4.69, 9.17) is 4.74 Å². The molecule has 0 saturated carbocycles. The highest BCUT2D eigenvalue weighted by Crippen LogP contribution is 1.95. The number of hydrogen-bond acceptors (Lipinski definition) is 3. The minimum atomic E-state index is 0.684. The molecule has 0 N–H and O–H groups in total. The Labute approximate surface area is 68.2 Å². The fourth-order valence-corrected chi connectivity index (χ4v) is 0.367. The molecule has 0 spiro atoms. The molecule has 0 atom stereocenters. The molecule has 0 aromatic heterocycles. The molecule has 0 unspecified atom stereocenters. The maximum atomic E-state index is 4.75. The normalized spacial score (nSPS) is 15.5. The quantitative estimate of drug-likeness (QED) is 0.539. The van der Waals surface area contributed by atoms with Gasteiger partial charge in [-0.1, -0.05) is 20.8 Å². The summed E-state index contributed by atoms with van der Waals surface area (Å²) < 4.78 is 8.33. The minimum absolute atomic E-state index is 0.684. The molecule has 0 radical (unpaired) electrons. The van der Waals surface area contributed by atoms with Crippen LogP contribution in [0.5, 0.6) is 0 Å². The van der Waals surface area contributed by atoms with E-state index in [0.29, 0.717) is 13.2 Å². The van der Waals surface area contributed by atoms with Crippen molar-refractivity contribution in [1.82, 2.24) is 0 Å². The van der Waals surface area contributed by atoms with Crippen LogP contribution in [0.15, 0.2) is 4.40 Å². The van der Waals surface area contributed by atoms with E-state index in [1.165, 1.54) is 0 Å². The molecule has 2 nitrogen and oxygen atoms in total. The van der Waals surface area contributed by atoms with Gasteiger partial charge in [0.15, 0.2) is 0 Å². The summed E-state index contributed by atoms with van der Waals surface area (Å²) in [6.07, 6.45) is 0. The second kappa shape index (κ2) is 5.74.